The SMILES string of the molecule is COc1ccc(C[C@@H]2C(OCc3cnc4ccccc4c3)CCCN2C(=O)c2cc(C(F)(F)F)cc(C(F)(F)F)c2)c(OC)c1. The number of halogens is 6. The minimum absolute atomic E-state index is 0.0101. The summed E-state index contributed by atoms with van der Waals surface area (Å²) in [7, 11) is 2.95. The third-order valence-electron chi connectivity index (χ3n) is 7.85. The second-order valence-electron chi connectivity index (χ2n) is 10.8. The van der Waals surface area contributed by atoms with E-state index in [1.54, 1.807) is 24.4 Å². The van der Waals surface area contributed by atoms with Gasteiger partial charge in [-0.05, 0) is 66.8 Å². The van der Waals surface area contributed by atoms with Crippen LogP contribution in [0.5, 0.6) is 11.5 Å². The molecule has 45 heavy (non-hydrogen) atoms. The Morgan fingerprint density at radius 2 is 1.62 bits per heavy atom. The maximum absolute atomic E-state index is 13.9. The van der Waals surface area contributed by atoms with Crippen molar-refractivity contribution in [3.8, 4) is 11.5 Å². The van der Waals surface area contributed by atoms with E-state index in [4.69, 9.17) is 14.2 Å². The molecule has 1 amide bonds. The molecule has 12 heteroatoms. The Hall–Kier alpha value is -4.32. The molecule has 1 aliphatic heterocycles. The highest BCUT2D eigenvalue weighted by molar-refractivity contribution is 5.95. The zero-order valence-electron chi connectivity index (χ0n) is 24.4. The number of hydrogen-bond acceptors (Lipinski definition) is 5. The van der Waals surface area contributed by atoms with E-state index in [9.17, 15) is 31.1 Å². The molecule has 1 unspecified atom stereocenters. The summed E-state index contributed by atoms with van der Waals surface area (Å²) < 4.78 is 98.9. The number of benzene rings is 3. The molecule has 6 nitrogen and oxygen atoms in total. The third kappa shape index (κ3) is 7.33. The molecule has 1 fully saturated rings. The molecule has 1 saturated heterocycles. The van der Waals surface area contributed by atoms with Gasteiger partial charge in [-0.15, -0.1) is 0 Å². The molecular formula is C33H30F6N2O4. The van der Waals surface area contributed by atoms with Gasteiger partial charge in [-0.3, -0.25) is 9.78 Å². The van der Waals surface area contributed by atoms with Crippen LogP contribution in [0.3, 0.4) is 0 Å². The number of hydrogen-bond donors (Lipinski definition) is 0. The minimum atomic E-state index is -5.09. The van der Waals surface area contributed by atoms with Gasteiger partial charge in [0, 0.05) is 29.8 Å². The molecule has 0 radical (unpaired) electrons. The highest BCUT2D eigenvalue weighted by atomic mass is 19.4. The summed E-state index contributed by atoms with van der Waals surface area (Å²) in [6, 6.07) is 14.8. The van der Waals surface area contributed by atoms with Crippen LogP contribution < -0.4 is 9.47 Å². The Morgan fingerprint density at radius 1 is 0.911 bits per heavy atom. The first kappa shape index (κ1) is 32.1. The first-order valence-corrected chi connectivity index (χ1v) is 14.1. The molecule has 3 aromatic carbocycles. The van der Waals surface area contributed by atoms with Crippen LogP contribution in [0.25, 0.3) is 10.9 Å². The van der Waals surface area contributed by atoms with E-state index in [1.165, 1.54) is 19.1 Å². The number of amides is 1. The molecule has 2 heterocycles. The molecule has 1 aliphatic rings. The highest BCUT2D eigenvalue weighted by Gasteiger charge is 2.40. The van der Waals surface area contributed by atoms with Crippen molar-refractivity contribution < 1.29 is 45.3 Å². The van der Waals surface area contributed by atoms with Crippen molar-refractivity contribution in [1.29, 1.82) is 0 Å². The van der Waals surface area contributed by atoms with Crippen LogP contribution >= 0.6 is 0 Å². The summed E-state index contributed by atoms with van der Waals surface area (Å²) in [4.78, 5) is 19.6. The molecule has 1 aromatic heterocycles. The minimum Gasteiger partial charge on any atom is -0.497 e. The number of fused-ring (bicyclic) bond motifs is 1. The second-order valence-corrected chi connectivity index (χ2v) is 10.8. The Morgan fingerprint density at radius 3 is 2.29 bits per heavy atom. The van der Waals surface area contributed by atoms with Gasteiger partial charge in [0.2, 0.25) is 0 Å². The lowest BCUT2D eigenvalue weighted by Crippen LogP contribution is -2.53. The van der Waals surface area contributed by atoms with Gasteiger partial charge in [0.15, 0.2) is 0 Å². The molecule has 4 aromatic rings. The molecule has 238 valence electrons. The Balaban J connectivity index is 1.50. The van der Waals surface area contributed by atoms with Crippen molar-refractivity contribution in [3.63, 3.8) is 0 Å². The lowest BCUT2D eigenvalue weighted by atomic mass is 9.91. The van der Waals surface area contributed by atoms with Crippen LogP contribution in [0, 0.1) is 0 Å². The summed E-state index contributed by atoms with van der Waals surface area (Å²) in [5.41, 5.74) is -1.58. The number of likely N-dealkylation sites (tertiary alicyclic amines) is 1. The Kier molecular flexibility index (Phi) is 9.24. The quantitative estimate of drug-likeness (QED) is 0.186. The number of carbonyl (C=O) groups excluding carboxylic acids is 1. The number of carbonyl (C=O) groups is 1. The van der Waals surface area contributed by atoms with Gasteiger partial charge in [-0.1, -0.05) is 24.3 Å². The van der Waals surface area contributed by atoms with E-state index in [1.807, 2.05) is 30.3 Å². The molecule has 0 N–H and O–H groups in total. The Bertz CT molecular complexity index is 1640. The molecule has 5 rings (SSSR count). The van der Waals surface area contributed by atoms with E-state index >= 15 is 0 Å². The molecule has 0 spiro atoms. The number of ether oxygens (including phenoxy) is 3. The fourth-order valence-corrected chi connectivity index (χ4v) is 5.60. The van der Waals surface area contributed by atoms with Crippen LogP contribution in [0.4, 0.5) is 26.3 Å². The van der Waals surface area contributed by atoms with Crippen molar-refractivity contribution in [2.75, 3.05) is 20.8 Å². The zero-order valence-corrected chi connectivity index (χ0v) is 24.4. The van der Waals surface area contributed by atoms with E-state index in [0.717, 1.165) is 16.5 Å². The number of pyridine rings is 1. The van der Waals surface area contributed by atoms with E-state index in [-0.39, 0.29) is 25.6 Å². The van der Waals surface area contributed by atoms with Crippen molar-refractivity contribution in [3.05, 3.63) is 101 Å². The van der Waals surface area contributed by atoms with Gasteiger partial charge < -0.3 is 19.1 Å². The standard InChI is InChI=1S/C33H30F6N2O4/c1-43-26-10-9-22(30(17-26)44-2)15-28-29(45-19-20-12-21-6-3-4-7-27(21)40-18-20)8-5-11-41(28)31(42)23-13-24(32(34,35)36)16-25(14-23)33(37,38)39/h3-4,6-7,9-10,12-14,16-18,28-29H,5,8,11,15,19H2,1-2H3/t28-,29?/m1/s1. The Labute approximate surface area is 255 Å². The van der Waals surface area contributed by atoms with Gasteiger partial charge >= 0.3 is 12.4 Å². The van der Waals surface area contributed by atoms with E-state index in [2.05, 4.69) is 4.98 Å². The first-order valence-electron chi connectivity index (χ1n) is 14.1. The number of methoxy groups -OCH3 is 2. The van der Waals surface area contributed by atoms with E-state index in [0.29, 0.717) is 42.0 Å². The molecular weight excluding hydrogens is 602 g/mol. The van der Waals surface area contributed by atoms with Crippen molar-refractivity contribution in [2.24, 2.45) is 0 Å². The highest BCUT2D eigenvalue weighted by Crippen LogP contribution is 2.38. The average Bonchev–Trinajstić information content (AvgIpc) is 3.02. The monoisotopic (exact) mass is 632 g/mol. The lowest BCUT2D eigenvalue weighted by Gasteiger charge is -2.41. The summed E-state index contributed by atoms with van der Waals surface area (Å²) in [5.74, 6) is 0.0143. The number of alkyl halides is 6. The summed E-state index contributed by atoms with van der Waals surface area (Å²) in [6.07, 6.45) is -8.02. The molecule has 0 aliphatic carbocycles. The van der Waals surface area contributed by atoms with Gasteiger partial charge in [0.25, 0.3) is 5.91 Å². The average molecular weight is 633 g/mol. The molecule has 0 bridgehead atoms. The first-order chi connectivity index (χ1) is 21.4. The van der Waals surface area contributed by atoms with Crippen LogP contribution in [0.15, 0.2) is 72.9 Å². The number of rotatable bonds is 8. The zero-order chi connectivity index (χ0) is 32.4. The van der Waals surface area contributed by atoms with Gasteiger partial charge in [0.05, 0.1) is 49.6 Å². The summed E-state index contributed by atoms with van der Waals surface area (Å²) >= 11 is 0. The number of para-hydroxylation sites is 1. The van der Waals surface area contributed by atoms with Crippen molar-refractivity contribution >= 4 is 16.8 Å². The van der Waals surface area contributed by atoms with Crippen molar-refractivity contribution in [1.82, 2.24) is 9.88 Å². The largest absolute Gasteiger partial charge is 0.497 e. The summed E-state index contributed by atoms with van der Waals surface area (Å²) in [6.45, 7) is 0.236. The van der Waals surface area contributed by atoms with Crippen molar-refractivity contribution in [2.45, 2.75) is 50.4 Å². The van der Waals surface area contributed by atoms with Gasteiger partial charge in [-0.2, -0.15) is 26.3 Å². The van der Waals surface area contributed by atoms with Crippen LogP contribution in [-0.4, -0.2) is 48.7 Å². The molecule has 0 saturated carbocycles. The number of aromatic nitrogens is 1. The predicted molar refractivity (Wildman–Crippen MR) is 154 cm³/mol. The second kappa shape index (κ2) is 13.0. The van der Waals surface area contributed by atoms with Gasteiger partial charge in [0.1, 0.15) is 11.5 Å². The lowest BCUT2D eigenvalue weighted by molar-refractivity contribution is -0.143. The van der Waals surface area contributed by atoms with Gasteiger partial charge in [-0.25, -0.2) is 0 Å². The van der Waals surface area contributed by atoms with Crippen LogP contribution in [0.2, 0.25) is 0 Å². The summed E-state index contributed by atoms with van der Waals surface area (Å²) in [5, 5.41) is 0.906. The van der Waals surface area contributed by atoms with Crippen LogP contribution in [0.1, 0.15) is 45.5 Å². The maximum Gasteiger partial charge on any atom is 0.416 e. The fourth-order valence-electron chi connectivity index (χ4n) is 5.60. The van der Waals surface area contributed by atoms with E-state index < -0.39 is 47.1 Å². The number of nitrogens with zero attached hydrogens (tertiary/aromatic N) is 2. The molecule has 2 atom stereocenters. The topological polar surface area (TPSA) is 60.9 Å². The predicted octanol–water partition coefficient (Wildman–Crippen LogP) is 7.72. The fraction of sp³-hybridized carbons (Fsp3) is 0.333. The number of piperidine rings is 1. The maximum atomic E-state index is 13.9. The van der Waals surface area contributed by atoms with Crippen LogP contribution in [-0.2, 0) is 30.1 Å². The smallest absolute Gasteiger partial charge is 0.416 e. The normalized spacial score (nSPS) is 17.4. The third-order valence-corrected chi connectivity index (χ3v) is 7.85.